The van der Waals surface area contributed by atoms with Crippen molar-refractivity contribution in [3.8, 4) is 0 Å². The maximum absolute atomic E-state index is 5.76. The molecule has 1 aliphatic rings. The number of nitrogens with two attached hydrogens (primary N) is 1. The first-order valence-corrected chi connectivity index (χ1v) is 4.85. The van der Waals surface area contributed by atoms with E-state index < -0.39 is 0 Å². The molecule has 0 radical (unpaired) electrons. The number of aromatic amines is 1. The van der Waals surface area contributed by atoms with Gasteiger partial charge in [-0.2, -0.15) is 5.10 Å². The Hall–Kier alpha value is -1.03. The Balaban J connectivity index is 2.18. The van der Waals surface area contributed by atoms with Crippen LogP contribution in [0, 0.1) is 0 Å². The molecule has 0 bridgehead atoms. The zero-order chi connectivity index (χ0) is 9.26. The van der Waals surface area contributed by atoms with Crippen LogP contribution in [0.1, 0.15) is 18.2 Å². The lowest BCUT2D eigenvalue weighted by Crippen LogP contribution is -2.26. The molecule has 4 heteroatoms. The van der Waals surface area contributed by atoms with Crippen LogP contribution in [-0.4, -0.2) is 34.7 Å². The van der Waals surface area contributed by atoms with Gasteiger partial charge in [-0.05, 0) is 13.0 Å². The molecule has 72 valence electrons. The standard InChI is InChI=1S/C9H16N4/c1-2-13-5-3-7-8(4-6-13)11-12-9(7)10/h2-6H2,1H3,(H3,10,11,12). The molecule has 1 aromatic heterocycles. The van der Waals surface area contributed by atoms with E-state index in [0.717, 1.165) is 32.5 Å². The summed E-state index contributed by atoms with van der Waals surface area (Å²) in [4.78, 5) is 2.44. The Morgan fingerprint density at radius 2 is 2.23 bits per heavy atom. The smallest absolute Gasteiger partial charge is 0.148 e. The number of likely N-dealkylation sites (N-methyl/N-ethyl adjacent to an activating group) is 1. The quantitative estimate of drug-likeness (QED) is 0.658. The predicted octanol–water partition coefficient (Wildman–Crippen LogP) is 0.412. The molecule has 0 atom stereocenters. The average Bonchev–Trinajstić information content (AvgIpc) is 2.38. The van der Waals surface area contributed by atoms with E-state index >= 15 is 0 Å². The maximum atomic E-state index is 5.76. The number of nitrogens with one attached hydrogen (secondary N) is 1. The molecule has 1 aliphatic heterocycles. The SMILES string of the molecule is CCN1CCc2[nH]nc(N)c2CC1. The third-order valence-electron chi connectivity index (χ3n) is 2.79. The second-order valence-corrected chi connectivity index (χ2v) is 3.50. The van der Waals surface area contributed by atoms with Gasteiger partial charge in [-0.25, -0.2) is 0 Å². The van der Waals surface area contributed by atoms with Crippen molar-refractivity contribution in [1.29, 1.82) is 0 Å². The van der Waals surface area contributed by atoms with Crippen molar-refractivity contribution in [3.05, 3.63) is 11.3 Å². The van der Waals surface area contributed by atoms with Crippen molar-refractivity contribution in [2.75, 3.05) is 25.4 Å². The zero-order valence-corrected chi connectivity index (χ0v) is 8.01. The van der Waals surface area contributed by atoms with Crippen molar-refractivity contribution >= 4 is 5.82 Å². The minimum atomic E-state index is 0.688. The Kier molecular flexibility index (Phi) is 2.22. The van der Waals surface area contributed by atoms with Crippen molar-refractivity contribution in [2.24, 2.45) is 0 Å². The molecule has 0 aliphatic carbocycles. The molecule has 0 unspecified atom stereocenters. The van der Waals surface area contributed by atoms with Gasteiger partial charge in [0.2, 0.25) is 0 Å². The van der Waals surface area contributed by atoms with Crippen LogP contribution < -0.4 is 5.73 Å². The van der Waals surface area contributed by atoms with Crippen LogP contribution in [0.4, 0.5) is 5.82 Å². The van der Waals surface area contributed by atoms with Crippen LogP contribution in [0.5, 0.6) is 0 Å². The predicted molar refractivity (Wildman–Crippen MR) is 52.5 cm³/mol. The first-order chi connectivity index (χ1) is 6.31. The van der Waals surface area contributed by atoms with E-state index in [0.29, 0.717) is 5.82 Å². The fourth-order valence-electron chi connectivity index (χ4n) is 1.87. The molecule has 0 fully saturated rings. The highest BCUT2D eigenvalue weighted by Gasteiger charge is 2.16. The van der Waals surface area contributed by atoms with Crippen molar-refractivity contribution < 1.29 is 0 Å². The highest BCUT2D eigenvalue weighted by molar-refractivity contribution is 5.42. The van der Waals surface area contributed by atoms with Gasteiger partial charge in [0.25, 0.3) is 0 Å². The lowest BCUT2D eigenvalue weighted by Gasteiger charge is -2.16. The number of rotatable bonds is 1. The number of H-pyrrole nitrogens is 1. The Morgan fingerprint density at radius 3 is 3.00 bits per heavy atom. The van der Waals surface area contributed by atoms with Crippen LogP contribution in [0.25, 0.3) is 0 Å². The summed E-state index contributed by atoms with van der Waals surface area (Å²) in [6, 6.07) is 0. The summed E-state index contributed by atoms with van der Waals surface area (Å²) in [6.45, 7) is 5.54. The molecule has 0 saturated carbocycles. The summed E-state index contributed by atoms with van der Waals surface area (Å²) >= 11 is 0. The van der Waals surface area contributed by atoms with Crippen LogP contribution in [0.15, 0.2) is 0 Å². The third kappa shape index (κ3) is 1.54. The summed E-state index contributed by atoms with van der Waals surface area (Å²) in [7, 11) is 0. The van der Waals surface area contributed by atoms with Gasteiger partial charge in [-0.3, -0.25) is 5.10 Å². The number of aromatic nitrogens is 2. The first-order valence-electron chi connectivity index (χ1n) is 4.85. The summed E-state index contributed by atoms with van der Waals surface area (Å²) in [5, 5.41) is 7.03. The molecule has 2 heterocycles. The highest BCUT2D eigenvalue weighted by atomic mass is 15.2. The van der Waals surface area contributed by atoms with E-state index in [4.69, 9.17) is 5.73 Å². The Morgan fingerprint density at radius 1 is 1.46 bits per heavy atom. The molecule has 0 saturated heterocycles. The lowest BCUT2D eigenvalue weighted by molar-refractivity contribution is 0.302. The van der Waals surface area contributed by atoms with Gasteiger partial charge in [-0.1, -0.05) is 6.92 Å². The van der Waals surface area contributed by atoms with Crippen molar-refractivity contribution in [2.45, 2.75) is 19.8 Å². The summed E-state index contributed by atoms with van der Waals surface area (Å²) < 4.78 is 0. The molecule has 0 spiro atoms. The van der Waals surface area contributed by atoms with Crippen LogP contribution in [-0.2, 0) is 12.8 Å². The summed E-state index contributed by atoms with van der Waals surface area (Å²) in [6.07, 6.45) is 2.08. The number of nitrogen functional groups attached to an aromatic ring is 1. The molecule has 2 rings (SSSR count). The third-order valence-corrected chi connectivity index (χ3v) is 2.79. The molecular weight excluding hydrogens is 164 g/mol. The van der Waals surface area contributed by atoms with Crippen molar-refractivity contribution in [3.63, 3.8) is 0 Å². The monoisotopic (exact) mass is 180 g/mol. The van der Waals surface area contributed by atoms with Gasteiger partial charge in [0.05, 0.1) is 0 Å². The van der Waals surface area contributed by atoms with Crippen molar-refractivity contribution in [1.82, 2.24) is 15.1 Å². The fourth-order valence-corrected chi connectivity index (χ4v) is 1.87. The van der Waals surface area contributed by atoms with E-state index in [2.05, 4.69) is 22.0 Å². The van der Waals surface area contributed by atoms with Crippen LogP contribution in [0.2, 0.25) is 0 Å². The number of hydrogen-bond acceptors (Lipinski definition) is 3. The molecule has 0 amide bonds. The average molecular weight is 180 g/mol. The topological polar surface area (TPSA) is 57.9 Å². The normalized spacial score (nSPS) is 18.2. The van der Waals surface area contributed by atoms with Gasteiger partial charge in [-0.15, -0.1) is 0 Å². The number of hydrogen-bond donors (Lipinski definition) is 2. The molecule has 13 heavy (non-hydrogen) atoms. The van der Waals surface area contributed by atoms with E-state index in [-0.39, 0.29) is 0 Å². The second kappa shape index (κ2) is 3.38. The highest BCUT2D eigenvalue weighted by Crippen LogP contribution is 2.18. The zero-order valence-electron chi connectivity index (χ0n) is 8.01. The molecule has 3 N–H and O–H groups in total. The van der Waals surface area contributed by atoms with Crippen LogP contribution in [0.3, 0.4) is 0 Å². The van der Waals surface area contributed by atoms with Gasteiger partial charge < -0.3 is 10.6 Å². The van der Waals surface area contributed by atoms with Gasteiger partial charge in [0, 0.05) is 30.8 Å². The number of nitrogens with zero attached hydrogens (tertiary/aromatic N) is 2. The molecular formula is C9H16N4. The largest absolute Gasteiger partial charge is 0.382 e. The Bertz CT molecular complexity index is 292. The van der Waals surface area contributed by atoms with E-state index in [9.17, 15) is 0 Å². The number of fused-ring (bicyclic) bond motifs is 1. The molecule has 1 aromatic rings. The van der Waals surface area contributed by atoms with E-state index in [1.807, 2.05) is 0 Å². The molecule has 4 nitrogen and oxygen atoms in total. The summed E-state index contributed by atoms with van der Waals surface area (Å²) in [5.74, 6) is 0.688. The number of anilines is 1. The van der Waals surface area contributed by atoms with E-state index in [1.54, 1.807) is 0 Å². The first kappa shape index (κ1) is 8.56. The minimum absolute atomic E-state index is 0.688. The van der Waals surface area contributed by atoms with E-state index in [1.165, 1.54) is 11.3 Å². The van der Waals surface area contributed by atoms with Gasteiger partial charge >= 0.3 is 0 Å². The Labute approximate surface area is 78.1 Å². The minimum Gasteiger partial charge on any atom is -0.382 e. The van der Waals surface area contributed by atoms with Crippen LogP contribution >= 0.6 is 0 Å². The van der Waals surface area contributed by atoms with Gasteiger partial charge in [0.1, 0.15) is 5.82 Å². The fraction of sp³-hybridized carbons (Fsp3) is 0.667. The lowest BCUT2D eigenvalue weighted by atomic mass is 10.1. The molecule has 0 aromatic carbocycles. The second-order valence-electron chi connectivity index (χ2n) is 3.50. The maximum Gasteiger partial charge on any atom is 0.148 e. The summed E-state index contributed by atoms with van der Waals surface area (Å²) in [5.41, 5.74) is 8.22. The van der Waals surface area contributed by atoms with Gasteiger partial charge in [0.15, 0.2) is 0 Å².